The second kappa shape index (κ2) is 8.24. The number of hydrogen-bond donors (Lipinski definition) is 1. The Morgan fingerprint density at radius 1 is 1.43 bits per heavy atom. The van der Waals surface area contributed by atoms with Gasteiger partial charge in [-0.2, -0.15) is 0 Å². The lowest BCUT2D eigenvalue weighted by Gasteiger charge is -2.23. The number of rotatable bonds is 6. The summed E-state index contributed by atoms with van der Waals surface area (Å²) in [6.07, 6.45) is 0.341. The van der Waals surface area contributed by atoms with Crippen LogP contribution in [-0.2, 0) is 14.3 Å². The molecule has 1 aromatic carbocycles. The standard InChI is InChI=1S/C15H17Cl2NO4S/c1-22-11-5-10(6-15(20)21)18(7-11)14(19)8-23-13-4-9(16)2-3-12(13)17/h2-4,10-11H,5-8H2,1H3,(H,20,21). The number of halogens is 2. The fourth-order valence-electron chi connectivity index (χ4n) is 2.56. The predicted molar refractivity (Wildman–Crippen MR) is 90.4 cm³/mol. The highest BCUT2D eigenvalue weighted by molar-refractivity contribution is 8.00. The van der Waals surface area contributed by atoms with Crippen molar-refractivity contribution in [2.24, 2.45) is 0 Å². The lowest BCUT2D eigenvalue weighted by molar-refractivity contribution is -0.139. The van der Waals surface area contributed by atoms with Gasteiger partial charge in [0.1, 0.15) is 0 Å². The molecule has 2 unspecified atom stereocenters. The lowest BCUT2D eigenvalue weighted by atomic mass is 10.1. The Balaban J connectivity index is 2.00. The number of carbonyl (C=O) groups is 2. The van der Waals surface area contributed by atoms with Crippen molar-refractivity contribution in [3.05, 3.63) is 28.2 Å². The van der Waals surface area contributed by atoms with Crippen LogP contribution in [0.1, 0.15) is 12.8 Å². The largest absolute Gasteiger partial charge is 0.481 e. The highest BCUT2D eigenvalue weighted by Gasteiger charge is 2.36. The van der Waals surface area contributed by atoms with Gasteiger partial charge >= 0.3 is 5.97 Å². The minimum Gasteiger partial charge on any atom is -0.481 e. The number of likely N-dealkylation sites (tertiary alicyclic amines) is 1. The molecule has 8 heteroatoms. The van der Waals surface area contributed by atoms with Crippen LogP contribution in [0.4, 0.5) is 0 Å². The van der Waals surface area contributed by atoms with Crippen molar-refractivity contribution in [2.45, 2.75) is 29.9 Å². The van der Waals surface area contributed by atoms with Crippen molar-refractivity contribution < 1.29 is 19.4 Å². The number of benzene rings is 1. The molecule has 126 valence electrons. The second-order valence-electron chi connectivity index (χ2n) is 5.25. The first-order valence-corrected chi connectivity index (χ1v) is 8.76. The van der Waals surface area contributed by atoms with Gasteiger partial charge in [-0.25, -0.2) is 0 Å². The number of ether oxygens (including phenoxy) is 1. The summed E-state index contributed by atoms with van der Waals surface area (Å²) in [6.45, 7) is 0.414. The number of amides is 1. The number of carbonyl (C=O) groups excluding carboxylic acids is 1. The van der Waals surface area contributed by atoms with Gasteiger partial charge in [0.05, 0.1) is 23.3 Å². The molecule has 2 rings (SSSR count). The van der Waals surface area contributed by atoms with E-state index in [1.807, 2.05) is 0 Å². The number of carboxylic acids is 1. The van der Waals surface area contributed by atoms with E-state index in [-0.39, 0.29) is 30.2 Å². The quantitative estimate of drug-likeness (QED) is 0.771. The molecule has 0 spiro atoms. The zero-order chi connectivity index (χ0) is 17.0. The molecule has 1 heterocycles. The Hall–Kier alpha value is -0.950. The molecule has 1 saturated heterocycles. The van der Waals surface area contributed by atoms with Crippen LogP contribution in [0.5, 0.6) is 0 Å². The zero-order valence-corrected chi connectivity index (χ0v) is 14.8. The summed E-state index contributed by atoms with van der Waals surface area (Å²) in [4.78, 5) is 25.7. The topological polar surface area (TPSA) is 66.8 Å². The molecule has 1 aromatic rings. The third-order valence-electron chi connectivity index (χ3n) is 3.68. The van der Waals surface area contributed by atoms with Gasteiger partial charge in [-0.15, -0.1) is 11.8 Å². The molecule has 1 aliphatic heterocycles. The van der Waals surface area contributed by atoms with Crippen molar-refractivity contribution in [1.82, 2.24) is 4.90 Å². The maximum absolute atomic E-state index is 12.4. The molecule has 1 aliphatic rings. The Labute approximate surface area is 148 Å². The molecule has 0 aliphatic carbocycles. The van der Waals surface area contributed by atoms with E-state index in [2.05, 4.69) is 0 Å². The summed E-state index contributed by atoms with van der Waals surface area (Å²) in [5.41, 5.74) is 0. The molecular weight excluding hydrogens is 361 g/mol. The van der Waals surface area contributed by atoms with Crippen LogP contribution in [0.15, 0.2) is 23.1 Å². The number of nitrogens with zero attached hydrogens (tertiary/aromatic N) is 1. The summed E-state index contributed by atoms with van der Waals surface area (Å²) >= 11 is 13.3. The minimum atomic E-state index is -0.921. The van der Waals surface area contributed by atoms with Gasteiger partial charge in [-0.05, 0) is 24.6 Å². The molecule has 0 radical (unpaired) electrons. The fraction of sp³-hybridized carbons (Fsp3) is 0.467. The van der Waals surface area contributed by atoms with Crippen LogP contribution in [0, 0.1) is 0 Å². The van der Waals surface area contributed by atoms with Gasteiger partial charge < -0.3 is 14.7 Å². The van der Waals surface area contributed by atoms with Crippen molar-refractivity contribution in [3.8, 4) is 0 Å². The first kappa shape index (κ1) is 18.4. The third-order valence-corrected chi connectivity index (χ3v) is 5.40. The summed E-state index contributed by atoms with van der Waals surface area (Å²) in [6, 6.07) is 4.74. The van der Waals surface area contributed by atoms with E-state index >= 15 is 0 Å². The van der Waals surface area contributed by atoms with Gasteiger partial charge in [0, 0.05) is 29.6 Å². The number of aliphatic carboxylic acids is 1. The molecular formula is C15H17Cl2NO4S. The van der Waals surface area contributed by atoms with Gasteiger partial charge in [-0.3, -0.25) is 9.59 Å². The molecule has 5 nitrogen and oxygen atoms in total. The van der Waals surface area contributed by atoms with E-state index in [0.29, 0.717) is 23.0 Å². The van der Waals surface area contributed by atoms with Crippen LogP contribution in [0.2, 0.25) is 10.0 Å². The van der Waals surface area contributed by atoms with Crippen molar-refractivity contribution >= 4 is 46.8 Å². The van der Waals surface area contributed by atoms with E-state index < -0.39 is 5.97 Å². The Morgan fingerprint density at radius 3 is 2.83 bits per heavy atom. The number of hydrogen-bond acceptors (Lipinski definition) is 4. The smallest absolute Gasteiger partial charge is 0.305 e. The van der Waals surface area contributed by atoms with Crippen LogP contribution in [0.25, 0.3) is 0 Å². The maximum atomic E-state index is 12.4. The summed E-state index contributed by atoms with van der Waals surface area (Å²) in [7, 11) is 1.57. The van der Waals surface area contributed by atoms with E-state index in [9.17, 15) is 9.59 Å². The molecule has 1 N–H and O–H groups in total. The number of carboxylic acid groups (broad SMARTS) is 1. The third kappa shape index (κ3) is 5.01. The molecule has 2 atom stereocenters. The summed E-state index contributed by atoms with van der Waals surface area (Å²) < 4.78 is 5.27. The van der Waals surface area contributed by atoms with E-state index in [1.165, 1.54) is 11.8 Å². The second-order valence-corrected chi connectivity index (χ2v) is 7.12. The average molecular weight is 378 g/mol. The normalized spacial score (nSPS) is 20.7. The van der Waals surface area contributed by atoms with Crippen LogP contribution >= 0.6 is 35.0 Å². The SMILES string of the molecule is COC1CC(CC(=O)O)N(C(=O)CSc2cc(Cl)ccc2Cl)C1. The van der Waals surface area contributed by atoms with E-state index in [4.69, 9.17) is 33.0 Å². The Morgan fingerprint density at radius 2 is 2.17 bits per heavy atom. The first-order chi connectivity index (χ1) is 10.9. The highest BCUT2D eigenvalue weighted by atomic mass is 35.5. The lowest BCUT2D eigenvalue weighted by Crippen LogP contribution is -2.38. The maximum Gasteiger partial charge on any atom is 0.305 e. The van der Waals surface area contributed by atoms with Gasteiger partial charge in [0.2, 0.25) is 5.91 Å². The molecule has 1 amide bonds. The zero-order valence-electron chi connectivity index (χ0n) is 12.5. The van der Waals surface area contributed by atoms with Crippen molar-refractivity contribution in [2.75, 3.05) is 19.4 Å². The average Bonchev–Trinajstić information content (AvgIpc) is 2.90. The minimum absolute atomic E-state index is 0.0752. The fourth-order valence-corrected chi connectivity index (χ4v) is 3.93. The van der Waals surface area contributed by atoms with Gasteiger partial charge in [0.25, 0.3) is 0 Å². The van der Waals surface area contributed by atoms with E-state index in [0.717, 1.165) is 4.90 Å². The van der Waals surface area contributed by atoms with Gasteiger partial charge in [0.15, 0.2) is 0 Å². The van der Waals surface area contributed by atoms with Crippen molar-refractivity contribution in [3.63, 3.8) is 0 Å². The molecule has 0 bridgehead atoms. The van der Waals surface area contributed by atoms with Crippen molar-refractivity contribution in [1.29, 1.82) is 0 Å². The van der Waals surface area contributed by atoms with Gasteiger partial charge in [-0.1, -0.05) is 23.2 Å². The Bertz CT molecular complexity index is 599. The number of thioether (sulfide) groups is 1. The molecule has 23 heavy (non-hydrogen) atoms. The highest BCUT2D eigenvalue weighted by Crippen LogP contribution is 2.31. The van der Waals surface area contributed by atoms with Crippen LogP contribution in [-0.4, -0.2) is 53.4 Å². The monoisotopic (exact) mass is 377 g/mol. The summed E-state index contributed by atoms with van der Waals surface area (Å²) in [5, 5.41) is 10.1. The molecule has 0 saturated carbocycles. The Kier molecular flexibility index (Phi) is 6.59. The van der Waals surface area contributed by atoms with Crippen LogP contribution in [0.3, 0.4) is 0 Å². The first-order valence-electron chi connectivity index (χ1n) is 7.02. The molecule has 0 aromatic heterocycles. The van der Waals surface area contributed by atoms with Crippen LogP contribution < -0.4 is 0 Å². The molecule has 1 fully saturated rings. The van der Waals surface area contributed by atoms with E-state index in [1.54, 1.807) is 30.2 Å². The summed E-state index contributed by atoms with van der Waals surface area (Å²) in [5.74, 6) is -0.876. The number of methoxy groups -OCH3 is 1. The predicted octanol–water partition coefficient (Wildman–Crippen LogP) is 3.18.